The van der Waals surface area contributed by atoms with Gasteiger partial charge in [-0.05, 0) is 24.4 Å². The lowest BCUT2D eigenvalue weighted by molar-refractivity contribution is -0.121. The van der Waals surface area contributed by atoms with Crippen molar-refractivity contribution in [2.45, 2.75) is 20.0 Å². The van der Waals surface area contributed by atoms with E-state index in [9.17, 15) is 14.4 Å². The lowest BCUT2D eigenvalue weighted by Gasteiger charge is -2.09. The van der Waals surface area contributed by atoms with E-state index in [0.717, 1.165) is 16.0 Å². The first-order valence-corrected chi connectivity index (χ1v) is 10.9. The zero-order valence-corrected chi connectivity index (χ0v) is 18.2. The third kappa shape index (κ3) is 5.06. The molecule has 8 nitrogen and oxygen atoms in total. The Morgan fingerprint density at radius 2 is 1.84 bits per heavy atom. The van der Waals surface area contributed by atoms with Crippen molar-refractivity contribution in [3.8, 4) is 21.8 Å². The molecule has 0 aliphatic heterocycles. The summed E-state index contributed by atoms with van der Waals surface area (Å²) in [4.78, 5) is 42.0. The molecule has 4 rings (SSSR count). The van der Waals surface area contributed by atoms with Crippen molar-refractivity contribution in [3.63, 3.8) is 0 Å². The van der Waals surface area contributed by atoms with Crippen LogP contribution in [0.2, 0.25) is 0 Å². The van der Waals surface area contributed by atoms with E-state index in [1.807, 2.05) is 48.7 Å². The first kappa shape index (κ1) is 21.4. The van der Waals surface area contributed by atoms with Gasteiger partial charge in [-0.15, -0.1) is 11.3 Å². The van der Waals surface area contributed by atoms with Crippen LogP contribution in [0.15, 0.2) is 75.9 Å². The van der Waals surface area contributed by atoms with Gasteiger partial charge in [0.1, 0.15) is 12.2 Å². The number of amides is 1. The maximum atomic E-state index is 12.4. The van der Waals surface area contributed by atoms with Crippen molar-refractivity contribution >= 4 is 17.2 Å². The first-order chi connectivity index (χ1) is 15.5. The van der Waals surface area contributed by atoms with Gasteiger partial charge in [-0.3, -0.25) is 19.0 Å². The van der Waals surface area contributed by atoms with E-state index in [0.29, 0.717) is 11.4 Å². The van der Waals surface area contributed by atoms with E-state index >= 15 is 0 Å². The summed E-state index contributed by atoms with van der Waals surface area (Å²) >= 11 is 1.54. The monoisotopic (exact) mass is 447 g/mol. The van der Waals surface area contributed by atoms with Gasteiger partial charge >= 0.3 is 0 Å². The first-order valence-electron chi connectivity index (χ1n) is 10.0. The van der Waals surface area contributed by atoms with Gasteiger partial charge in [0.05, 0.1) is 23.4 Å². The Bertz CT molecular complexity index is 1340. The fourth-order valence-electron chi connectivity index (χ4n) is 3.10. The molecule has 0 aliphatic rings. The summed E-state index contributed by atoms with van der Waals surface area (Å²) in [5.41, 5.74) is 2.67. The van der Waals surface area contributed by atoms with Crippen molar-refractivity contribution in [1.82, 2.24) is 24.6 Å². The normalized spacial score (nSPS) is 10.8. The van der Waals surface area contributed by atoms with Crippen LogP contribution in [-0.4, -0.2) is 31.8 Å². The Hall–Kier alpha value is -3.85. The highest BCUT2D eigenvalue weighted by molar-refractivity contribution is 7.13. The number of hydrogen-bond acceptors (Lipinski definition) is 6. The second-order valence-corrected chi connectivity index (χ2v) is 8.16. The molecule has 0 radical (unpaired) electrons. The molecule has 1 aromatic carbocycles. The van der Waals surface area contributed by atoms with E-state index in [2.05, 4.69) is 15.4 Å². The molecule has 32 heavy (non-hydrogen) atoms. The highest BCUT2D eigenvalue weighted by Gasteiger charge is 2.08. The number of rotatable bonds is 7. The van der Waals surface area contributed by atoms with E-state index in [-0.39, 0.29) is 36.7 Å². The summed E-state index contributed by atoms with van der Waals surface area (Å²) in [6.07, 6.45) is 1.37. The molecule has 9 heteroatoms. The van der Waals surface area contributed by atoms with Crippen LogP contribution in [0.25, 0.3) is 21.8 Å². The van der Waals surface area contributed by atoms with E-state index in [1.54, 1.807) is 6.07 Å². The smallest absolute Gasteiger partial charge is 0.266 e. The third-order valence-corrected chi connectivity index (χ3v) is 5.72. The van der Waals surface area contributed by atoms with Crippen LogP contribution in [0.4, 0.5) is 0 Å². The molecule has 0 aliphatic carbocycles. The van der Waals surface area contributed by atoms with Gasteiger partial charge in [-0.1, -0.05) is 35.9 Å². The van der Waals surface area contributed by atoms with Gasteiger partial charge < -0.3 is 5.32 Å². The SMILES string of the molecule is Cc1ccc(-c2cc(=O)n(CC(=O)NCCn3nc(-c4cccs4)ccc3=O)cn2)cc1. The molecule has 0 bridgehead atoms. The summed E-state index contributed by atoms with van der Waals surface area (Å²) in [5.74, 6) is -0.348. The standard InChI is InChI=1S/C23H21N5O3S/c1-16-4-6-17(7-5-16)19-13-23(31)27(15-25-19)14-21(29)24-10-11-28-22(30)9-8-18(26-28)20-3-2-12-32-20/h2-9,12-13,15H,10-11,14H2,1H3,(H,24,29). The Balaban J connectivity index is 1.35. The van der Waals surface area contributed by atoms with Crippen LogP contribution < -0.4 is 16.4 Å². The number of carbonyl (C=O) groups excluding carboxylic acids is 1. The van der Waals surface area contributed by atoms with E-state index in [1.165, 1.54) is 39.0 Å². The fourth-order valence-corrected chi connectivity index (χ4v) is 3.79. The zero-order chi connectivity index (χ0) is 22.5. The van der Waals surface area contributed by atoms with Gasteiger partial charge in [0, 0.05) is 24.2 Å². The molecule has 0 spiro atoms. The van der Waals surface area contributed by atoms with Gasteiger partial charge in [-0.25, -0.2) is 9.67 Å². The quantitative estimate of drug-likeness (QED) is 0.469. The molecular weight excluding hydrogens is 426 g/mol. The van der Waals surface area contributed by atoms with Crippen LogP contribution in [-0.2, 0) is 17.9 Å². The number of thiophene rings is 1. The second kappa shape index (κ2) is 9.52. The molecule has 0 saturated carbocycles. The average molecular weight is 448 g/mol. The third-order valence-electron chi connectivity index (χ3n) is 4.83. The Labute approximate surface area is 187 Å². The molecular formula is C23H21N5O3S. The Kier molecular flexibility index (Phi) is 6.37. The highest BCUT2D eigenvalue weighted by atomic mass is 32.1. The summed E-state index contributed by atoms with van der Waals surface area (Å²) in [6.45, 7) is 2.27. The van der Waals surface area contributed by atoms with Gasteiger partial charge in [-0.2, -0.15) is 5.10 Å². The minimum Gasteiger partial charge on any atom is -0.353 e. The van der Waals surface area contributed by atoms with E-state index < -0.39 is 0 Å². The number of carbonyl (C=O) groups is 1. The predicted octanol–water partition coefficient (Wildman–Crippen LogP) is 2.32. The molecule has 162 valence electrons. The number of benzene rings is 1. The summed E-state index contributed by atoms with van der Waals surface area (Å²) < 4.78 is 2.56. The Morgan fingerprint density at radius 3 is 2.56 bits per heavy atom. The summed E-state index contributed by atoms with van der Waals surface area (Å²) in [7, 11) is 0. The average Bonchev–Trinajstić information content (AvgIpc) is 3.32. The number of nitrogens with one attached hydrogen (secondary N) is 1. The summed E-state index contributed by atoms with van der Waals surface area (Å²) in [6, 6.07) is 16.1. The second-order valence-electron chi connectivity index (χ2n) is 7.21. The van der Waals surface area contributed by atoms with Crippen molar-refractivity contribution in [1.29, 1.82) is 0 Å². The maximum Gasteiger partial charge on any atom is 0.266 e. The van der Waals surface area contributed by atoms with Crippen LogP contribution in [0.3, 0.4) is 0 Å². The van der Waals surface area contributed by atoms with Crippen molar-refractivity contribution in [2.75, 3.05) is 6.54 Å². The molecule has 0 unspecified atom stereocenters. The number of hydrogen-bond donors (Lipinski definition) is 1. The molecule has 4 aromatic rings. The highest BCUT2D eigenvalue weighted by Crippen LogP contribution is 2.21. The maximum absolute atomic E-state index is 12.4. The van der Waals surface area contributed by atoms with Gasteiger partial charge in [0.15, 0.2) is 0 Å². The zero-order valence-electron chi connectivity index (χ0n) is 17.4. The van der Waals surface area contributed by atoms with Crippen molar-refractivity contribution < 1.29 is 4.79 Å². The van der Waals surface area contributed by atoms with Gasteiger partial charge in [0.2, 0.25) is 5.91 Å². The minimum atomic E-state index is -0.348. The lowest BCUT2D eigenvalue weighted by atomic mass is 10.1. The fraction of sp³-hybridized carbons (Fsp3) is 0.174. The van der Waals surface area contributed by atoms with Crippen LogP contribution in [0.5, 0.6) is 0 Å². The van der Waals surface area contributed by atoms with Crippen LogP contribution in [0, 0.1) is 6.92 Å². The van der Waals surface area contributed by atoms with Crippen molar-refractivity contribution in [2.24, 2.45) is 0 Å². The molecule has 0 atom stereocenters. The number of nitrogens with zero attached hydrogens (tertiary/aromatic N) is 4. The largest absolute Gasteiger partial charge is 0.353 e. The molecule has 3 heterocycles. The number of aryl methyl sites for hydroxylation is 1. The summed E-state index contributed by atoms with van der Waals surface area (Å²) in [5, 5.41) is 9.01. The molecule has 1 amide bonds. The topological polar surface area (TPSA) is 98.9 Å². The molecule has 3 aromatic heterocycles. The van der Waals surface area contributed by atoms with Crippen molar-refractivity contribution in [3.05, 3.63) is 92.6 Å². The van der Waals surface area contributed by atoms with Gasteiger partial charge in [0.25, 0.3) is 11.1 Å². The molecule has 0 saturated heterocycles. The van der Waals surface area contributed by atoms with Crippen LogP contribution >= 0.6 is 11.3 Å². The lowest BCUT2D eigenvalue weighted by Crippen LogP contribution is -2.35. The van der Waals surface area contributed by atoms with E-state index in [4.69, 9.17) is 0 Å². The Morgan fingerprint density at radius 1 is 1.03 bits per heavy atom. The minimum absolute atomic E-state index is 0.155. The van der Waals surface area contributed by atoms with Crippen LogP contribution in [0.1, 0.15) is 5.56 Å². The molecule has 1 N–H and O–H groups in total. The number of aromatic nitrogens is 4. The molecule has 0 fully saturated rings. The predicted molar refractivity (Wildman–Crippen MR) is 123 cm³/mol.